The van der Waals surface area contributed by atoms with Crippen LogP contribution in [0.1, 0.15) is 24.5 Å². The molecule has 1 fully saturated rings. The van der Waals surface area contributed by atoms with E-state index in [0.29, 0.717) is 12.0 Å². The van der Waals surface area contributed by atoms with Gasteiger partial charge in [0.15, 0.2) is 0 Å². The van der Waals surface area contributed by atoms with E-state index in [1.54, 1.807) is 0 Å². The average molecular weight is 284 g/mol. The Labute approximate surface area is 118 Å². The number of benzene rings is 1. The molecule has 2 rings (SSSR count). The zero-order chi connectivity index (χ0) is 14.5. The molecular formula is C15H22F2N2O. The zero-order valence-electron chi connectivity index (χ0n) is 11.9. The first kappa shape index (κ1) is 15.4. The van der Waals surface area contributed by atoms with Crippen LogP contribution in [0.5, 0.6) is 0 Å². The Morgan fingerprint density at radius 2 is 1.80 bits per heavy atom. The molecule has 5 heteroatoms. The minimum atomic E-state index is -0.818. The second-order valence-electron chi connectivity index (χ2n) is 5.51. The lowest BCUT2D eigenvalue weighted by Crippen LogP contribution is -2.30. The van der Waals surface area contributed by atoms with Crippen LogP contribution in [0.3, 0.4) is 0 Å². The molecule has 1 N–H and O–H groups in total. The lowest BCUT2D eigenvalue weighted by molar-refractivity contribution is 0.142. The molecule has 112 valence electrons. The molecular weight excluding hydrogens is 262 g/mol. The van der Waals surface area contributed by atoms with Gasteiger partial charge in [-0.15, -0.1) is 0 Å². The summed E-state index contributed by atoms with van der Waals surface area (Å²) < 4.78 is 26.2. The topological polar surface area (TPSA) is 26.7 Å². The van der Waals surface area contributed by atoms with Crippen LogP contribution in [0.25, 0.3) is 0 Å². The zero-order valence-corrected chi connectivity index (χ0v) is 11.9. The van der Waals surface area contributed by atoms with E-state index < -0.39 is 17.7 Å². The second kappa shape index (κ2) is 7.11. The highest BCUT2D eigenvalue weighted by atomic mass is 19.1. The number of halogens is 2. The van der Waals surface area contributed by atoms with Gasteiger partial charge < -0.3 is 14.9 Å². The van der Waals surface area contributed by atoms with Gasteiger partial charge >= 0.3 is 0 Å². The number of likely N-dealkylation sites (N-methyl/N-ethyl adjacent to an activating group) is 1. The predicted octanol–water partition coefficient (Wildman–Crippen LogP) is 2.03. The van der Waals surface area contributed by atoms with Crippen molar-refractivity contribution < 1.29 is 13.9 Å². The first-order valence-electron chi connectivity index (χ1n) is 7.09. The van der Waals surface area contributed by atoms with Gasteiger partial charge in [-0.2, -0.15) is 0 Å². The van der Waals surface area contributed by atoms with Crippen molar-refractivity contribution in [2.24, 2.45) is 0 Å². The Morgan fingerprint density at radius 3 is 2.50 bits per heavy atom. The van der Waals surface area contributed by atoms with Crippen LogP contribution < -0.4 is 0 Å². The maximum absolute atomic E-state index is 13.1. The van der Waals surface area contributed by atoms with Gasteiger partial charge in [-0.3, -0.25) is 0 Å². The normalized spacial score (nSPS) is 19.8. The Hall–Kier alpha value is -1.04. The summed E-state index contributed by atoms with van der Waals surface area (Å²) in [7, 11) is 2.11. The van der Waals surface area contributed by atoms with E-state index in [9.17, 15) is 13.9 Å². The number of rotatable bonds is 4. The summed E-state index contributed by atoms with van der Waals surface area (Å²) in [5.41, 5.74) is 0.314. The number of aliphatic hydroxyl groups excluding tert-OH is 1. The first-order valence-corrected chi connectivity index (χ1v) is 7.09. The standard InChI is InChI=1S/C15H22F2N2O/c1-18-4-2-5-19(8-7-18)6-3-15(20)12-9-13(16)11-14(17)10-12/h9-11,15,20H,2-8H2,1H3. The third-order valence-corrected chi connectivity index (χ3v) is 3.80. The lowest BCUT2D eigenvalue weighted by atomic mass is 10.1. The van der Waals surface area contributed by atoms with Crippen molar-refractivity contribution >= 4 is 0 Å². The van der Waals surface area contributed by atoms with Gasteiger partial charge in [0.25, 0.3) is 0 Å². The molecule has 0 radical (unpaired) electrons. The highest BCUT2D eigenvalue weighted by Gasteiger charge is 2.15. The van der Waals surface area contributed by atoms with Crippen LogP contribution >= 0.6 is 0 Å². The third kappa shape index (κ3) is 4.51. The van der Waals surface area contributed by atoms with E-state index >= 15 is 0 Å². The van der Waals surface area contributed by atoms with Crippen LogP contribution in [0, 0.1) is 11.6 Å². The number of hydrogen-bond donors (Lipinski definition) is 1. The number of hydrogen-bond acceptors (Lipinski definition) is 3. The van der Waals surface area contributed by atoms with Gasteiger partial charge in [-0.05, 0) is 50.7 Å². The Balaban J connectivity index is 1.86. The highest BCUT2D eigenvalue weighted by molar-refractivity contribution is 5.20. The van der Waals surface area contributed by atoms with Crippen molar-refractivity contribution in [2.45, 2.75) is 18.9 Å². The summed E-state index contributed by atoms with van der Waals surface area (Å²) in [5.74, 6) is -1.29. The van der Waals surface area contributed by atoms with Crippen LogP contribution in [-0.4, -0.2) is 54.7 Å². The summed E-state index contributed by atoms with van der Waals surface area (Å²) >= 11 is 0. The van der Waals surface area contributed by atoms with Crippen molar-refractivity contribution in [1.82, 2.24) is 9.80 Å². The molecule has 1 aromatic rings. The maximum Gasteiger partial charge on any atom is 0.126 e. The maximum atomic E-state index is 13.1. The highest BCUT2D eigenvalue weighted by Crippen LogP contribution is 2.19. The molecule has 3 nitrogen and oxygen atoms in total. The molecule has 1 aliphatic rings. The molecule has 20 heavy (non-hydrogen) atoms. The summed E-state index contributed by atoms with van der Waals surface area (Å²) in [6.07, 6.45) is 0.787. The van der Waals surface area contributed by atoms with Crippen molar-refractivity contribution in [3.63, 3.8) is 0 Å². The van der Waals surface area contributed by atoms with Gasteiger partial charge in [0, 0.05) is 25.7 Å². The fourth-order valence-corrected chi connectivity index (χ4v) is 2.56. The number of aliphatic hydroxyl groups is 1. The van der Waals surface area contributed by atoms with Gasteiger partial charge in [-0.1, -0.05) is 0 Å². The molecule has 0 aliphatic carbocycles. The van der Waals surface area contributed by atoms with Crippen LogP contribution in [0.2, 0.25) is 0 Å². The minimum Gasteiger partial charge on any atom is -0.388 e. The summed E-state index contributed by atoms with van der Waals surface area (Å²) in [6, 6.07) is 3.22. The summed E-state index contributed by atoms with van der Waals surface area (Å²) in [6.45, 7) is 4.83. The quantitative estimate of drug-likeness (QED) is 0.916. The molecule has 0 bridgehead atoms. The molecule has 1 atom stereocenters. The Bertz CT molecular complexity index is 422. The fourth-order valence-electron chi connectivity index (χ4n) is 2.56. The van der Waals surface area contributed by atoms with E-state index in [-0.39, 0.29) is 0 Å². The fraction of sp³-hybridized carbons (Fsp3) is 0.600. The molecule has 0 spiro atoms. The molecule has 1 saturated heterocycles. The molecule has 0 amide bonds. The average Bonchev–Trinajstić information content (AvgIpc) is 2.59. The van der Waals surface area contributed by atoms with Crippen LogP contribution in [0.15, 0.2) is 18.2 Å². The largest absolute Gasteiger partial charge is 0.388 e. The van der Waals surface area contributed by atoms with E-state index in [0.717, 1.165) is 45.2 Å². The molecule has 1 unspecified atom stereocenters. The minimum absolute atomic E-state index is 0.314. The molecule has 0 aromatic heterocycles. The van der Waals surface area contributed by atoms with Gasteiger partial charge in [0.1, 0.15) is 11.6 Å². The smallest absolute Gasteiger partial charge is 0.126 e. The molecule has 1 aliphatic heterocycles. The van der Waals surface area contributed by atoms with Gasteiger partial charge in [0.2, 0.25) is 0 Å². The SMILES string of the molecule is CN1CCCN(CCC(O)c2cc(F)cc(F)c2)CC1. The van der Waals surface area contributed by atoms with Crippen LogP contribution in [0.4, 0.5) is 8.78 Å². The lowest BCUT2D eigenvalue weighted by Gasteiger charge is -2.21. The van der Waals surface area contributed by atoms with Gasteiger partial charge in [-0.25, -0.2) is 8.78 Å². The first-order chi connectivity index (χ1) is 9.54. The van der Waals surface area contributed by atoms with E-state index in [4.69, 9.17) is 0 Å². The van der Waals surface area contributed by atoms with E-state index in [2.05, 4.69) is 16.8 Å². The van der Waals surface area contributed by atoms with Crippen molar-refractivity contribution in [3.05, 3.63) is 35.4 Å². The third-order valence-electron chi connectivity index (χ3n) is 3.80. The second-order valence-corrected chi connectivity index (χ2v) is 5.51. The Kier molecular flexibility index (Phi) is 5.46. The summed E-state index contributed by atoms with van der Waals surface area (Å²) in [5, 5.41) is 10.1. The summed E-state index contributed by atoms with van der Waals surface area (Å²) in [4.78, 5) is 4.58. The Morgan fingerprint density at radius 1 is 1.10 bits per heavy atom. The van der Waals surface area contributed by atoms with E-state index in [1.807, 2.05) is 0 Å². The van der Waals surface area contributed by atoms with Crippen molar-refractivity contribution in [3.8, 4) is 0 Å². The molecule has 0 saturated carbocycles. The van der Waals surface area contributed by atoms with Crippen molar-refractivity contribution in [2.75, 3.05) is 39.8 Å². The molecule has 1 aromatic carbocycles. The monoisotopic (exact) mass is 284 g/mol. The number of nitrogens with zero attached hydrogens (tertiary/aromatic N) is 2. The predicted molar refractivity (Wildman–Crippen MR) is 74.5 cm³/mol. The van der Waals surface area contributed by atoms with Gasteiger partial charge in [0.05, 0.1) is 6.10 Å². The molecule has 1 heterocycles. The van der Waals surface area contributed by atoms with E-state index in [1.165, 1.54) is 12.1 Å². The van der Waals surface area contributed by atoms with Crippen molar-refractivity contribution in [1.29, 1.82) is 0 Å². The van der Waals surface area contributed by atoms with Crippen LogP contribution in [-0.2, 0) is 0 Å².